The van der Waals surface area contributed by atoms with Crippen LogP contribution in [-0.4, -0.2) is 25.3 Å². The van der Waals surface area contributed by atoms with Gasteiger partial charge in [0.05, 0.1) is 12.4 Å². The van der Waals surface area contributed by atoms with Crippen LogP contribution in [0, 0.1) is 0 Å². The molecule has 27 heavy (non-hydrogen) atoms. The van der Waals surface area contributed by atoms with E-state index in [2.05, 4.69) is 16.9 Å². The Kier molecular flexibility index (Phi) is 15.3. The number of nitrogens with one attached hydrogen (secondary N) is 1. The van der Waals surface area contributed by atoms with Gasteiger partial charge < -0.3 is 11.1 Å². The molecule has 2 rings (SSSR count). The third kappa shape index (κ3) is 15.7. The van der Waals surface area contributed by atoms with E-state index in [4.69, 9.17) is 28.9 Å². The van der Waals surface area contributed by atoms with Crippen LogP contribution in [0.2, 0.25) is 10.0 Å². The molecule has 0 heterocycles. The highest BCUT2D eigenvalue weighted by Crippen LogP contribution is 2.09. The Morgan fingerprint density at radius 2 is 1.19 bits per heavy atom. The molecule has 0 atom stereocenters. The number of hydrogen-bond donors (Lipinski definition) is 2. The lowest BCUT2D eigenvalue weighted by molar-refractivity contribution is 0.145. The molecule has 0 fully saturated rings. The molecule has 0 saturated heterocycles. The van der Waals surface area contributed by atoms with E-state index in [1.165, 1.54) is 0 Å². The second-order valence-electron chi connectivity index (χ2n) is 5.02. The molecule has 2 nitrogen and oxygen atoms in total. The summed E-state index contributed by atoms with van der Waals surface area (Å²) < 4.78 is 44.7. The highest BCUT2D eigenvalue weighted by molar-refractivity contribution is 6.30. The van der Waals surface area contributed by atoms with Crippen LogP contribution in [0.3, 0.4) is 0 Å². The fourth-order valence-electron chi connectivity index (χ4n) is 1.55. The minimum absolute atomic E-state index is 0.275. The van der Waals surface area contributed by atoms with Crippen LogP contribution in [-0.2, 0) is 13.1 Å². The van der Waals surface area contributed by atoms with Gasteiger partial charge in [-0.05, 0) is 35.4 Å². The summed E-state index contributed by atoms with van der Waals surface area (Å²) in [6, 6.07) is 14.6. The van der Waals surface area contributed by atoms with Crippen molar-refractivity contribution in [1.29, 1.82) is 0 Å². The first kappa shape index (κ1) is 26.0. The van der Waals surface area contributed by atoms with Crippen LogP contribution in [0.5, 0.6) is 0 Å². The molecule has 3 N–H and O–H groups in total. The fraction of sp³-hybridized carbons (Fsp3) is 0.333. The zero-order valence-electron chi connectivity index (χ0n) is 14.3. The molecule has 0 aliphatic carbocycles. The van der Waals surface area contributed by atoms with Crippen molar-refractivity contribution in [3.05, 3.63) is 69.7 Å². The topological polar surface area (TPSA) is 38.0 Å². The van der Waals surface area contributed by atoms with E-state index in [-0.39, 0.29) is 6.54 Å². The van der Waals surface area contributed by atoms with E-state index >= 15 is 0 Å². The molecule has 9 heteroatoms. The molecule has 0 aliphatic heterocycles. The maximum Gasteiger partial charge on any atom is 0.251 e. The Hall–Kier alpha value is -1.05. The molecule has 0 radical (unpaired) electrons. The van der Waals surface area contributed by atoms with Crippen molar-refractivity contribution >= 4 is 34.8 Å². The first-order valence-electron chi connectivity index (χ1n) is 7.80. The van der Waals surface area contributed by atoms with Crippen LogP contribution < -0.4 is 11.1 Å². The monoisotopic (exact) mass is 446 g/mol. The van der Waals surface area contributed by atoms with Crippen molar-refractivity contribution in [3.8, 4) is 0 Å². The Balaban J connectivity index is 0.000000419. The lowest BCUT2D eigenvalue weighted by Gasteiger charge is -2.03. The SMILES string of the molecule is FC(F)CCl.FC(F)CNCc1ccc(Cl)cc1.NCc1ccc(Cl)cc1. The maximum atomic E-state index is 11.7. The Morgan fingerprint density at radius 1 is 0.778 bits per heavy atom. The Morgan fingerprint density at radius 3 is 1.52 bits per heavy atom. The number of benzene rings is 2. The lowest BCUT2D eigenvalue weighted by atomic mass is 10.2. The van der Waals surface area contributed by atoms with Gasteiger partial charge in [0.2, 0.25) is 0 Å². The average Bonchev–Trinajstić information content (AvgIpc) is 2.65. The summed E-state index contributed by atoms with van der Waals surface area (Å²) in [7, 11) is 0. The van der Waals surface area contributed by atoms with Crippen molar-refractivity contribution in [2.75, 3.05) is 12.4 Å². The van der Waals surface area contributed by atoms with Crippen molar-refractivity contribution < 1.29 is 17.6 Å². The predicted molar refractivity (Wildman–Crippen MR) is 105 cm³/mol. The second kappa shape index (κ2) is 16.0. The van der Waals surface area contributed by atoms with Gasteiger partial charge in [-0.2, -0.15) is 0 Å². The van der Waals surface area contributed by atoms with Crippen LogP contribution in [0.15, 0.2) is 48.5 Å². The molecule has 0 bridgehead atoms. The molecule has 2 aromatic rings. The Labute approximate surface area is 171 Å². The molecule has 2 aromatic carbocycles. The molecule has 0 spiro atoms. The molecule has 0 aliphatic rings. The quantitative estimate of drug-likeness (QED) is 0.422. The van der Waals surface area contributed by atoms with Gasteiger partial charge in [0.25, 0.3) is 12.9 Å². The highest BCUT2D eigenvalue weighted by Gasteiger charge is 2.00. The minimum Gasteiger partial charge on any atom is -0.326 e. The first-order chi connectivity index (χ1) is 12.8. The third-order valence-corrected chi connectivity index (χ3v) is 3.54. The zero-order chi connectivity index (χ0) is 20.7. The van der Waals surface area contributed by atoms with Crippen molar-refractivity contribution in [2.45, 2.75) is 25.9 Å². The number of halogens is 7. The number of hydrogen-bond acceptors (Lipinski definition) is 2. The van der Waals surface area contributed by atoms with Gasteiger partial charge in [-0.1, -0.05) is 47.5 Å². The normalized spacial score (nSPS) is 10.1. The van der Waals surface area contributed by atoms with E-state index in [1.54, 1.807) is 24.3 Å². The van der Waals surface area contributed by atoms with Gasteiger partial charge in [-0.3, -0.25) is 0 Å². The van der Waals surface area contributed by atoms with E-state index in [0.29, 0.717) is 18.1 Å². The van der Waals surface area contributed by atoms with E-state index in [0.717, 1.165) is 16.1 Å². The molecule has 152 valence electrons. The van der Waals surface area contributed by atoms with Gasteiger partial charge in [0.1, 0.15) is 0 Å². The van der Waals surface area contributed by atoms with Gasteiger partial charge in [-0.25, -0.2) is 17.6 Å². The van der Waals surface area contributed by atoms with Gasteiger partial charge in [-0.15, -0.1) is 11.6 Å². The number of rotatable bonds is 6. The minimum atomic E-state index is -2.35. The summed E-state index contributed by atoms with van der Waals surface area (Å²) in [5.41, 5.74) is 7.42. The largest absolute Gasteiger partial charge is 0.326 e. The molecule has 0 aromatic heterocycles. The summed E-state index contributed by atoms with van der Waals surface area (Å²) in [6.45, 7) is 0.751. The highest BCUT2D eigenvalue weighted by atomic mass is 35.5. The van der Waals surface area contributed by atoms with Crippen LogP contribution in [0.4, 0.5) is 17.6 Å². The van der Waals surface area contributed by atoms with Crippen molar-refractivity contribution in [3.63, 3.8) is 0 Å². The summed E-state index contributed by atoms with van der Waals surface area (Å²) in [5, 5.41) is 4.03. The predicted octanol–water partition coefficient (Wildman–Crippen LogP) is 5.98. The smallest absolute Gasteiger partial charge is 0.251 e. The van der Waals surface area contributed by atoms with Crippen molar-refractivity contribution in [2.24, 2.45) is 5.73 Å². The van der Waals surface area contributed by atoms with Gasteiger partial charge >= 0.3 is 0 Å². The summed E-state index contributed by atoms with van der Waals surface area (Å²) in [5.74, 6) is -0.556. The molecule has 0 amide bonds. The Bertz CT molecular complexity index is 597. The van der Waals surface area contributed by atoms with Crippen LogP contribution in [0.25, 0.3) is 0 Å². The average molecular weight is 448 g/mol. The summed E-state index contributed by atoms with van der Waals surface area (Å²) >= 11 is 15.9. The van der Waals surface area contributed by atoms with Gasteiger partial charge in [0.15, 0.2) is 0 Å². The van der Waals surface area contributed by atoms with Crippen LogP contribution in [0.1, 0.15) is 11.1 Å². The molecule has 0 unspecified atom stereocenters. The molecule has 0 saturated carbocycles. The zero-order valence-corrected chi connectivity index (χ0v) is 16.6. The lowest BCUT2D eigenvalue weighted by Crippen LogP contribution is -2.20. The molecular weight excluding hydrogens is 427 g/mol. The fourth-order valence-corrected chi connectivity index (χ4v) is 1.80. The maximum absolute atomic E-state index is 11.7. The number of nitrogens with two attached hydrogens (primary N) is 1. The van der Waals surface area contributed by atoms with E-state index < -0.39 is 18.7 Å². The second-order valence-corrected chi connectivity index (χ2v) is 6.21. The first-order valence-corrected chi connectivity index (χ1v) is 9.09. The van der Waals surface area contributed by atoms with E-state index in [1.807, 2.05) is 24.3 Å². The third-order valence-electron chi connectivity index (χ3n) is 2.81. The summed E-state index contributed by atoms with van der Waals surface area (Å²) in [4.78, 5) is 0. The van der Waals surface area contributed by atoms with E-state index in [9.17, 15) is 17.6 Å². The standard InChI is InChI=1S/C9H10ClF2N.C7H8ClN.C2H3ClF2/c10-8-3-1-7(2-4-8)5-13-6-9(11)12;8-7-3-1-6(5-9)2-4-7;3-1-2(4)5/h1-4,9,13H,5-6H2;1-4H,5,9H2;2H,1H2. The summed E-state index contributed by atoms with van der Waals surface area (Å²) in [6.07, 6.45) is -4.65. The molecular formula is C18H21Cl3F4N2. The number of alkyl halides is 5. The van der Waals surface area contributed by atoms with Crippen molar-refractivity contribution in [1.82, 2.24) is 5.32 Å². The van der Waals surface area contributed by atoms with Crippen LogP contribution >= 0.6 is 34.8 Å². The van der Waals surface area contributed by atoms with Gasteiger partial charge in [0, 0.05) is 23.1 Å².